The van der Waals surface area contributed by atoms with Crippen LogP contribution in [0.25, 0.3) is 5.65 Å². The van der Waals surface area contributed by atoms with Gasteiger partial charge in [0.2, 0.25) is 0 Å². The number of aromatic nitrogens is 3. The maximum atomic E-state index is 4.59. The lowest BCUT2D eigenvalue weighted by atomic mass is 10.2. The van der Waals surface area contributed by atoms with Crippen LogP contribution < -0.4 is 10.2 Å². The topological polar surface area (TPSA) is 45.5 Å². The fourth-order valence-electron chi connectivity index (χ4n) is 2.12. The molecule has 1 unspecified atom stereocenters. The molecule has 1 fully saturated rings. The summed E-state index contributed by atoms with van der Waals surface area (Å²) in [4.78, 5) is 6.91. The van der Waals surface area contributed by atoms with E-state index in [0.717, 1.165) is 31.1 Å². The second-order valence-electron chi connectivity index (χ2n) is 4.22. The highest BCUT2D eigenvalue weighted by atomic mass is 15.3. The Bertz CT molecular complexity index is 492. The van der Waals surface area contributed by atoms with Crippen molar-refractivity contribution in [2.24, 2.45) is 0 Å². The van der Waals surface area contributed by atoms with Gasteiger partial charge in [0.15, 0.2) is 5.65 Å². The number of rotatable bonds is 1. The highest BCUT2D eigenvalue weighted by molar-refractivity contribution is 5.47. The maximum Gasteiger partial charge on any atom is 0.157 e. The Kier molecular flexibility index (Phi) is 2.25. The molecule has 0 aliphatic carbocycles. The van der Waals surface area contributed by atoms with E-state index >= 15 is 0 Å². The fourth-order valence-corrected chi connectivity index (χ4v) is 2.12. The van der Waals surface area contributed by atoms with Crippen molar-refractivity contribution in [3.05, 3.63) is 24.5 Å². The summed E-state index contributed by atoms with van der Waals surface area (Å²) in [5, 5.41) is 7.57. The number of nitrogens with zero attached hydrogens (tertiary/aromatic N) is 4. The van der Waals surface area contributed by atoms with Crippen molar-refractivity contribution in [3.8, 4) is 0 Å². The van der Waals surface area contributed by atoms with Crippen LogP contribution in [-0.2, 0) is 0 Å². The zero-order valence-electron chi connectivity index (χ0n) is 9.30. The van der Waals surface area contributed by atoms with Crippen molar-refractivity contribution in [2.45, 2.75) is 13.0 Å². The highest BCUT2D eigenvalue weighted by Gasteiger charge is 2.16. The lowest BCUT2D eigenvalue weighted by Gasteiger charge is -2.32. The third-order valence-electron chi connectivity index (χ3n) is 2.94. The summed E-state index contributed by atoms with van der Waals surface area (Å²) in [6.45, 7) is 5.25. The Morgan fingerprint density at radius 2 is 2.38 bits per heavy atom. The van der Waals surface area contributed by atoms with Crippen LogP contribution in [0.5, 0.6) is 0 Å². The predicted molar refractivity (Wildman–Crippen MR) is 62.7 cm³/mol. The van der Waals surface area contributed by atoms with Crippen LogP contribution in [0, 0.1) is 0 Å². The van der Waals surface area contributed by atoms with Crippen LogP contribution >= 0.6 is 0 Å². The lowest BCUT2D eigenvalue weighted by molar-refractivity contribution is 0.482. The molecular formula is C11H15N5. The Morgan fingerprint density at radius 1 is 1.44 bits per heavy atom. The minimum absolute atomic E-state index is 0.525. The summed E-state index contributed by atoms with van der Waals surface area (Å²) in [5.41, 5.74) is 0.906. The van der Waals surface area contributed by atoms with Gasteiger partial charge in [0, 0.05) is 37.9 Å². The third-order valence-corrected chi connectivity index (χ3v) is 2.94. The van der Waals surface area contributed by atoms with Crippen molar-refractivity contribution < 1.29 is 0 Å². The third kappa shape index (κ3) is 1.63. The van der Waals surface area contributed by atoms with Crippen LogP contribution in [0.3, 0.4) is 0 Å². The highest BCUT2D eigenvalue weighted by Crippen LogP contribution is 2.13. The monoisotopic (exact) mass is 217 g/mol. The van der Waals surface area contributed by atoms with E-state index in [0.29, 0.717) is 6.04 Å². The first kappa shape index (κ1) is 9.59. The average Bonchev–Trinajstić information content (AvgIpc) is 2.75. The number of fused-ring (bicyclic) bond motifs is 1. The quantitative estimate of drug-likeness (QED) is 0.756. The van der Waals surface area contributed by atoms with Crippen LogP contribution in [0.4, 0.5) is 5.82 Å². The molecule has 5 nitrogen and oxygen atoms in total. The van der Waals surface area contributed by atoms with Crippen LogP contribution in [-0.4, -0.2) is 40.3 Å². The first-order valence-electron chi connectivity index (χ1n) is 5.62. The van der Waals surface area contributed by atoms with E-state index in [1.54, 1.807) is 10.7 Å². The molecule has 1 aliphatic rings. The van der Waals surface area contributed by atoms with Crippen molar-refractivity contribution in [2.75, 3.05) is 24.5 Å². The Labute approximate surface area is 94.1 Å². The summed E-state index contributed by atoms with van der Waals surface area (Å²) in [7, 11) is 0. The molecule has 2 aromatic rings. The molecule has 1 atom stereocenters. The van der Waals surface area contributed by atoms with E-state index in [4.69, 9.17) is 0 Å². The molecule has 5 heteroatoms. The second-order valence-corrected chi connectivity index (χ2v) is 4.22. The maximum absolute atomic E-state index is 4.59. The van der Waals surface area contributed by atoms with Gasteiger partial charge < -0.3 is 10.2 Å². The molecule has 0 saturated carbocycles. The van der Waals surface area contributed by atoms with Crippen molar-refractivity contribution in [3.63, 3.8) is 0 Å². The Balaban J connectivity index is 1.92. The zero-order valence-corrected chi connectivity index (χ0v) is 9.30. The largest absolute Gasteiger partial charge is 0.354 e. The molecule has 1 N–H and O–H groups in total. The van der Waals surface area contributed by atoms with Gasteiger partial charge in [0.1, 0.15) is 5.82 Å². The fraction of sp³-hybridized carbons (Fsp3) is 0.455. The predicted octanol–water partition coefficient (Wildman–Crippen LogP) is 0.527. The lowest BCUT2D eigenvalue weighted by Crippen LogP contribution is -2.49. The molecule has 2 aromatic heterocycles. The van der Waals surface area contributed by atoms with Crippen molar-refractivity contribution in [1.29, 1.82) is 0 Å². The number of hydrogen-bond acceptors (Lipinski definition) is 4. The van der Waals surface area contributed by atoms with E-state index in [9.17, 15) is 0 Å². The molecule has 0 bridgehead atoms. The van der Waals surface area contributed by atoms with Gasteiger partial charge in [-0.05, 0) is 13.0 Å². The van der Waals surface area contributed by atoms with Crippen LogP contribution in [0.15, 0.2) is 24.5 Å². The van der Waals surface area contributed by atoms with Gasteiger partial charge in [-0.15, -0.1) is 0 Å². The van der Waals surface area contributed by atoms with Gasteiger partial charge in [0.25, 0.3) is 0 Å². The van der Waals surface area contributed by atoms with Crippen LogP contribution in [0.1, 0.15) is 6.92 Å². The summed E-state index contributed by atoms with van der Waals surface area (Å²) in [6, 6.07) is 4.48. The van der Waals surface area contributed by atoms with Crippen molar-refractivity contribution >= 4 is 11.5 Å². The molecule has 16 heavy (non-hydrogen) atoms. The van der Waals surface area contributed by atoms with E-state index < -0.39 is 0 Å². The summed E-state index contributed by atoms with van der Waals surface area (Å²) >= 11 is 0. The van der Waals surface area contributed by atoms with E-state index in [1.807, 2.05) is 18.3 Å². The molecule has 0 spiro atoms. The molecule has 84 valence electrons. The normalized spacial score (nSPS) is 21.6. The molecule has 0 amide bonds. The summed E-state index contributed by atoms with van der Waals surface area (Å²) in [6.07, 6.45) is 3.73. The number of anilines is 1. The Morgan fingerprint density at radius 3 is 3.25 bits per heavy atom. The van der Waals surface area contributed by atoms with Gasteiger partial charge in [-0.25, -0.2) is 9.50 Å². The first-order chi connectivity index (χ1) is 7.83. The molecule has 3 heterocycles. The molecule has 1 saturated heterocycles. The molecular weight excluding hydrogens is 202 g/mol. The number of hydrogen-bond donors (Lipinski definition) is 1. The molecule has 0 aromatic carbocycles. The van der Waals surface area contributed by atoms with E-state index in [-0.39, 0.29) is 0 Å². The van der Waals surface area contributed by atoms with Crippen LogP contribution in [0.2, 0.25) is 0 Å². The van der Waals surface area contributed by atoms with Gasteiger partial charge in [-0.2, -0.15) is 5.10 Å². The zero-order chi connectivity index (χ0) is 11.0. The van der Waals surface area contributed by atoms with Gasteiger partial charge in [-0.3, -0.25) is 0 Å². The summed E-state index contributed by atoms with van der Waals surface area (Å²) in [5.74, 6) is 1.04. The van der Waals surface area contributed by atoms with Gasteiger partial charge in [0.05, 0.1) is 6.20 Å². The molecule has 3 rings (SSSR count). The minimum Gasteiger partial charge on any atom is -0.354 e. The van der Waals surface area contributed by atoms with E-state index in [2.05, 4.69) is 27.2 Å². The second kappa shape index (κ2) is 3.75. The number of piperazine rings is 1. The minimum atomic E-state index is 0.525. The molecule has 0 radical (unpaired) electrons. The SMILES string of the molecule is CC1CN(c2ccn3nccc3n2)CCN1. The number of nitrogens with one attached hydrogen (secondary N) is 1. The first-order valence-corrected chi connectivity index (χ1v) is 5.62. The molecule has 1 aliphatic heterocycles. The van der Waals surface area contributed by atoms with Crippen molar-refractivity contribution in [1.82, 2.24) is 19.9 Å². The summed E-state index contributed by atoms with van der Waals surface area (Å²) < 4.78 is 1.79. The average molecular weight is 217 g/mol. The standard InChI is InChI=1S/C11H15N5/c1-9-8-15(7-5-12-9)10-3-6-16-11(14-10)2-4-13-16/h2-4,6,9,12H,5,7-8H2,1H3. The van der Waals surface area contributed by atoms with E-state index in [1.165, 1.54) is 0 Å². The van der Waals surface area contributed by atoms with Gasteiger partial charge in [-0.1, -0.05) is 0 Å². The van der Waals surface area contributed by atoms with Gasteiger partial charge >= 0.3 is 0 Å². The Hall–Kier alpha value is -1.62. The smallest absolute Gasteiger partial charge is 0.157 e.